The summed E-state index contributed by atoms with van der Waals surface area (Å²) >= 11 is 0. The van der Waals surface area contributed by atoms with Crippen molar-refractivity contribution in [1.29, 1.82) is 0 Å². The molecule has 4 heteroatoms. The Balaban J connectivity index is 2.16. The molecule has 2 aliphatic rings. The van der Waals surface area contributed by atoms with Gasteiger partial charge in [-0.3, -0.25) is 4.90 Å². The van der Waals surface area contributed by atoms with Gasteiger partial charge >= 0.3 is 0 Å². The van der Waals surface area contributed by atoms with Crippen molar-refractivity contribution in [2.24, 2.45) is 0 Å². The Kier molecular flexibility index (Phi) is 2.79. The minimum atomic E-state index is -0.650. The number of hydrogen-bond donors (Lipinski definition) is 2. The Morgan fingerprint density at radius 3 is 2.64 bits per heavy atom. The molecule has 0 bridgehead atoms. The van der Waals surface area contributed by atoms with Crippen LogP contribution in [-0.4, -0.2) is 59.2 Å². The predicted octanol–water partition coefficient (Wildman–Crippen LogP) is -0.410. The third-order valence-corrected chi connectivity index (χ3v) is 3.64. The van der Waals surface area contributed by atoms with Crippen LogP contribution < -0.4 is 0 Å². The van der Waals surface area contributed by atoms with E-state index in [0.29, 0.717) is 12.6 Å². The fourth-order valence-corrected chi connectivity index (χ4v) is 2.78. The van der Waals surface area contributed by atoms with E-state index in [1.54, 1.807) is 7.11 Å². The molecule has 2 aliphatic heterocycles. The molecule has 5 atom stereocenters. The van der Waals surface area contributed by atoms with Gasteiger partial charge in [-0.25, -0.2) is 0 Å². The predicted molar refractivity (Wildman–Crippen MR) is 52.0 cm³/mol. The molecule has 0 aromatic rings. The molecule has 2 rings (SSSR count). The lowest BCUT2D eigenvalue weighted by atomic mass is 9.93. The van der Waals surface area contributed by atoms with Crippen molar-refractivity contribution < 1.29 is 14.9 Å². The van der Waals surface area contributed by atoms with Crippen molar-refractivity contribution in [3.8, 4) is 0 Å². The molecule has 0 saturated carbocycles. The molecule has 0 radical (unpaired) electrons. The second-order valence-corrected chi connectivity index (χ2v) is 4.45. The molecule has 14 heavy (non-hydrogen) atoms. The van der Waals surface area contributed by atoms with Crippen LogP contribution in [0.2, 0.25) is 0 Å². The van der Waals surface area contributed by atoms with Gasteiger partial charge in [-0.15, -0.1) is 0 Å². The summed E-state index contributed by atoms with van der Waals surface area (Å²) in [6.45, 7) is 2.72. The molecule has 4 nitrogen and oxygen atoms in total. The van der Waals surface area contributed by atoms with Gasteiger partial charge in [0.15, 0.2) is 0 Å². The largest absolute Gasteiger partial charge is 0.389 e. The molecule has 0 aromatic carbocycles. The highest BCUT2D eigenvalue weighted by Crippen LogP contribution is 2.32. The van der Waals surface area contributed by atoms with Crippen molar-refractivity contribution in [1.82, 2.24) is 4.90 Å². The van der Waals surface area contributed by atoms with Crippen molar-refractivity contribution in [2.45, 2.75) is 50.2 Å². The van der Waals surface area contributed by atoms with Gasteiger partial charge in [0.25, 0.3) is 0 Å². The van der Waals surface area contributed by atoms with E-state index in [1.807, 2.05) is 0 Å². The van der Waals surface area contributed by atoms with Gasteiger partial charge in [0.05, 0.1) is 24.4 Å². The molecule has 0 spiro atoms. The summed E-state index contributed by atoms with van der Waals surface area (Å²) in [5.74, 6) is 0. The van der Waals surface area contributed by atoms with Crippen molar-refractivity contribution in [2.75, 3.05) is 13.7 Å². The first-order valence-corrected chi connectivity index (χ1v) is 5.30. The number of aliphatic hydroxyl groups excluding tert-OH is 2. The van der Waals surface area contributed by atoms with Crippen molar-refractivity contribution in [3.63, 3.8) is 0 Å². The minimum Gasteiger partial charge on any atom is -0.389 e. The van der Waals surface area contributed by atoms with Crippen LogP contribution in [0.5, 0.6) is 0 Å². The second kappa shape index (κ2) is 3.77. The molecule has 82 valence electrons. The van der Waals surface area contributed by atoms with Gasteiger partial charge < -0.3 is 14.9 Å². The summed E-state index contributed by atoms with van der Waals surface area (Å²) in [7, 11) is 1.68. The number of piperidine rings is 1. The Morgan fingerprint density at radius 1 is 1.29 bits per heavy atom. The third-order valence-electron chi connectivity index (χ3n) is 3.64. The van der Waals surface area contributed by atoms with E-state index in [9.17, 15) is 10.2 Å². The molecule has 0 unspecified atom stereocenters. The Hall–Kier alpha value is -0.160. The normalized spacial score (nSPS) is 49.3. The van der Waals surface area contributed by atoms with Crippen LogP contribution in [0.1, 0.15) is 19.8 Å². The maximum absolute atomic E-state index is 9.84. The number of rotatable bonds is 1. The summed E-state index contributed by atoms with van der Waals surface area (Å²) < 4.78 is 5.36. The zero-order valence-corrected chi connectivity index (χ0v) is 8.76. The Labute approximate surface area is 84.5 Å². The first-order valence-electron chi connectivity index (χ1n) is 5.30. The quantitative estimate of drug-likeness (QED) is 0.605. The third kappa shape index (κ3) is 1.46. The van der Waals surface area contributed by atoms with E-state index in [-0.39, 0.29) is 12.1 Å². The van der Waals surface area contributed by atoms with Crippen molar-refractivity contribution in [3.05, 3.63) is 0 Å². The number of fused-ring (bicyclic) bond motifs is 1. The van der Waals surface area contributed by atoms with Crippen LogP contribution in [0.15, 0.2) is 0 Å². The maximum atomic E-state index is 9.84. The number of ether oxygens (including phenoxy) is 1. The molecule has 0 aliphatic carbocycles. The SMILES string of the molecule is CO[C@H]1CC[C@@H](C)N2C[C@H](O)[C@H](O)[C@H]12. The highest BCUT2D eigenvalue weighted by Gasteiger charge is 2.48. The maximum Gasteiger partial charge on any atom is 0.0991 e. The summed E-state index contributed by atoms with van der Waals surface area (Å²) in [6, 6.07) is 0.428. The zero-order valence-electron chi connectivity index (χ0n) is 8.76. The van der Waals surface area contributed by atoms with Crippen LogP contribution in [-0.2, 0) is 4.74 Å². The van der Waals surface area contributed by atoms with E-state index in [0.717, 1.165) is 12.8 Å². The summed E-state index contributed by atoms with van der Waals surface area (Å²) in [4.78, 5) is 2.17. The summed E-state index contributed by atoms with van der Waals surface area (Å²) in [5.41, 5.74) is 0. The van der Waals surface area contributed by atoms with Crippen LogP contribution in [0.25, 0.3) is 0 Å². The number of hydrogen-bond acceptors (Lipinski definition) is 4. The second-order valence-electron chi connectivity index (χ2n) is 4.45. The van der Waals surface area contributed by atoms with Gasteiger partial charge in [0.1, 0.15) is 0 Å². The first kappa shape index (κ1) is 10.4. The zero-order chi connectivity index (χ0) is 10.3. The van der Waals surface area contributed by atoms with E-state index in [1.165, 1.54) is 0 Å². The molecule has 0 amide bonds. The van der Waals surface area contributed by atoms with Gasteiger partial charge in [-0.05, 0) is 19.8 Å². The van der Waals surface area contributed by atoms with Gasteiger partial charge in [-0.2, -0.15) is 0 Å². The molecular formula is C10H19NO3. The molecular weight excluding hydrogens is 182 g/mol. The number of nitrogens with zero attached hydrogens (tertiary/aromatic N) is 1. The highest BCUT2D eigenvalue weighted by molar-refractivity contribution is 5.02. The summed E-state index contributed by atoms with van der Waals surface area (Å²) in [5, 5.41) is 19.5. The lowest BCUT2D eigenvalue weighted by Crippen LogP contribution is -2.53. The average molecular weight is 201 g/mol. The van der Waals surface area contributed by atoms with Gasteiger partial charge in [0.2, 0.25) is 0 Å². The van der Waals surface area contributed by atoms with Crippen LogP contribution in [0.3, 0.4) is 0 Å². The summed E-state index contributed by atoms with van der Waals surface area (Å²) in [6.07, 6.45) is 0.857. The van der Waals surface area contributed by atoms with Gasteiger partial charge in [0, 0.05) is 19.7 Å². The van der Waals surface area contributed by atoms with E-state index < -0.39 is 12.2 Å². The van der Waals surface area contributed by atoms with Crippen LogP contribution in [0.4, 0.5) is 0 Å². The Bertz CT molecular complexity index is 212. The fraction of sp³-hybridized carbons (Fsp3) is 1.00. The topological polar surface area (TPSA) is 52.9 Å². The highest BCUT2D eigenvalue weighted by atomic mass is 16.5. The first-order chi connectivity index (χ1) is 6.65. The average Bonchev–Trinajstić information content (AvgIpc) is 2.47. The monoisotopic (exact) mass is 201 g/mol. The lowest BCUT2D eigenvalue weighted by Gasteiger charge is -2.41. The van der Waals surface area contributed by atoms with E-state index >= 15 is 0 Å². The lowest BCUT2D eigenvalue weighted by molar-refractivity contribution is -0.0607. The molecule has 0 aromatic heterocycles. The van der Waals surface area contributed by atoms with E-state index in [2.05, 4.69) is 11.8 Å². The van der Waals surface area contributed by atoms with E-state index in [4.69, 9.17) is 4.74 Å². The van der Waals surface area contributed by atoms with Gasteiger partial charge in [-0.1, -0.05) is 0 Å². The number of aliphatic hydroxyl groups is 2. The molecule has 2 saturated heterocycles. The smallest absolute Gasteiger partial charge is 0.0991 e. The van der Waals surface area contributed by atoms with Crippen molar-refractivity contribution >= 4 is 0 Å². The molecule has 2 N–H and O–H groups in total. The molecule has 2 heterocycles. The molecule has 2 fully saturated rings. The number of methoxy groups -OCH3 is 1. The van der Waals surface area contributed by atoms with Crippen LogP contribution >= 0.6 is 0 Å². The fourth-order valence-electron chi connectivity index (χ4n) is 2.78. The standard InChI is InChI=1S/C10H19NO3/c1-6-3-4-8(14-2)9-10(13)7(12)5-11(6)9/h6-10,12-13H,3-5H2,1-2H3/t6-,7+,8+,9+,10+/m1/s1. The minimum absolute atomic E-state index is 0.0150. The van der Waals surface area contributed by atoms with Crippen LogP contribution in [0, 0.1) is 0 Å². The Morgan fingerprint density at radius 2 is 2.00 bits per heavy atom.